The molecule has 0 fully saturated rings. The van der Waals surface area contributed by atoms with Gasteiger partial charge in [-0.15, -0.1) is 0 Å². The quantitative estimate of drug-likeness (QED) is 0.810. The lowest BCUT2D eigenvalue weighted by Gasteiger charge is -2.09. The number of benzene rings is 1. The molecule has 0 aliphatic carbocycles. The maximum Gasteiger partial charge on any atom is 0.241 e. The highest BCUT2D eigenvalue weighted by Crippen LogP contribution is 2.23. The highest BCUT2D eigenvalue weighted by atomic mass is 79.9. The minimum atomic E-state index is -4.04. The lowest BCUT2D eigenvalue weighted by Crippen LogP contribution is -2.18. The Morgan fingerprint density at radius 2 is 2.12 bits per heavy atom. The van der Waals surface area contributed by atoms with Gasteiger partial charge in [0.2, 0.25) is 10.0 Å². The molecule has 1 aromatic carbocycles. The predicted octanol–water partition coefficient (Wildman–Crippen LogP) is 1.74. The first kappa shape index (κ1) is 14.6. The summed E-state index contributed by atoms with van der Waals surface area (Å²) in [6, 6.07) is 2.70. The molecule has 7 heteroatoms. The molecule has 0 unspecified atom stereocenters. The Morgan fingerprint density at radius 1 is 1.47 bits per heavy atom. The van der Waals surface area contributed by atoms with E-state index in [0.717, 1.165) is 19.0 Å². The third-order valence-electron chi connectivity index (χ3n) is 2.13. The van der Waals surface area contributed by atoms with Crippen molar-refractivity contribution in [2.45, 2.75) is 24.8 Å². The first-order valence-electron chi connectivity index (χ1n) is 5.07. The summed E-state index contributed by atoms with van der Waals surface area (Å²) >= 11 is 3.13. The van der Waals surface area contributed by atoms with Crippen LogP contribution in [0.25, 0.3) is 0 Å². The molecule has 1 aromatic rings. The number of halogens is 2. The van der Waals surface area contributed by atoms with Crippen LogP contribution >= 0.6 is 15.9 Å². The third-order valence-corrected chi connectivity index (χ3v) is 3.50. The van der Waals surface area contributed by atoms with Gasteiger partial charge in [-0.1, -0.05) is 22.9 Å². The molecule has 0 saturated carbocycles. The average Bonchev–Trinajstić information content (AvgIpc) is 2.21. The smallest absolute Gasteiger partial charge is 0.241 e. The minimum absolute atomic E-state index is 0.266. The van der Waals surface area contributed by atoms with Crippen LogP contribution in [-0.2, 0) is 16.6 Å². The second-order valence-electron chi connectivity index (χ2n) is 3.60. The van der Waals surface area contributed by atoms with E-state index in [1.165, 1.54) is 6.07 Å². The summed E-state index contributed by atoms with van der Waals surface area (Å²) in [7, 11) is -4.04. The van der Waals surface area contributed by atoms with Gasteiger partial charge in [0.15, 0.2) is 0 Å². The van der Waals surface area contributed by atoms with Crippen molar-refractivity contribution in [3.05, 3.63) is 28.0 Å². The van der Waals surface area contributed by atoms with Gasteiger partial charge in [0, 0.05) is 16.6 Å². The Bertz CT molecular complexity index is 505. The van der Waals surface area contributed by atoms with Gasteiger partial charge in [0.05, 0.1) is 0 Å². The molecule has 0 spiro atoms. The van der Waals surface area contributed by atoms with Gasteiger partial charge < -0.3 is 5.32 Å². The lowest BCUT2D eigenvalue weighted by molar-refractivity contribution is 0.547. The van der Waals surface area contributed by atoms with Gasteiger partial charge in [-0.3, -0.25) is 0 Å². The van der Waals surface area contributed by atoms with Crippen LogP contribution in [0.1, 0.15) is 18.9 Å². The average molecular weight is 325 g/mol. The van der Waals surface area contributed by atoms with Crippen LogP contribution in [0.4, 0.5) is 4.39 Å². The standard InChI is InChI=1S/C10H14BrFN2O2S/c1-2-3-14-6-7-4-8(11)5-9(10(7)12)17(13,15)16/h4-5,14H,2-3,6H2,1H3,(H2,13,15,16). The van der Waals surface area contributed by atoms with E-state index in [1.54, 1.807) is 0 Å². The van der Waals surface area contributed by atoms with Gasteiger partial charge in [-0.2, -0.15) is 0 Å². The zero-order valence-corrected chi connectivity index (χ0v) is 11.7. The molecule has 0 aliphatic rings. The van der Waals surface area contributed by atoms with Crippen molar-refractivity contribution in [2.24, 2.45) is 5.14 Å². The minimum Gasteiger partial charge on any atom is -0.313 e. The second-order valence-corrected chi connectivity index (χ2v) is 6.04. The lowest BCUT2D eigenvalue weighted by atomic mass is 10.2. The van der Waals surface area contributed by atoms with Crippen LogP contribution in [0, 0.1) is 5.82 Å². The number of hydrogen-bond acceptors (Lipinski definition) is 3. The van der Waals surface area contributed by atoms with Gasteiger partial charge in [-0.05, 0) is 25.1 Å². The number of nitrogens with one attached hydrogen (secondary N) is 1. The molecule has 0 heterocycles. The Hall–Kier alpha value is -0.500. The monoisotopic (exact) mass is 324 g/mol. The second kappa shape index (κ2) is 5.90. The molecule has 0 amide bonds. The normalized spacial score (nSPS) is 11.8. The molecule has 0 aliphatic heterocycles. The van der Waals surface area contributed by atoms with Crippen LogP contribution in [0.3, 0.4) is 0 Å². The van der Waals surface area contributed by atoms with Crippen molar-refractivity contribution < 1.29 is 12.8 Å². The Kier molecular flexibility index (Phi) is 5.05. The van der Waals surface area contributed by atoms with Gasteiger partial charge >= 0.3 is 0 Å². The summed E-state index contributed by atoms with van der Waals surface area (Å²) in [5.41, 5.74) is 0.275. The van der Waals surface area contributed by atoms with Crippen LogP contribution in [-0.4, -0.2) is 15.0 Å². The Labute approximate surface area is 109 Å². The van der Waals surface area contributed by atoms with E-state index < -0.39 is 20.7 Å². The summed E-state index contributed by atoms with van der Waals surface area (Å²) in [6.45, 7) is 2.98. The summed E-state index contributed by atoms with van der Waals surface area (Å²) < 4.78 is 36.7. The Balaban J connectivity index is 3.11. The maximum absolute atomic E-state index is 13.9. The van der Waals surface area contributed by atoms with Gasteiger partial charge in [0.25, 0.3) is 0 Å². The number of nitrogens with two attached hydrogens (primary N) is 1. The molecule has 17 heavy (non-hydrogen) atoms. The molecule has 0 aromatic heterocycles. The summed E-state index contributed by atoms with van der Waals surface area (Å²) in [6.07, 6.45) is 0.914. The SMILES string of the molecule is CCCNCc1cc(Br)cc(S(N)(=O)=O)c1F. The molecule has 96 valence electrons. The summed E-state index contributed by atoms with van der Waals surface area (Å²) in [5.74, 6) is -0.792. The molecule has 4 nitrogen and oxygen atoms in total. The fourth-order valence-corrected chi connectivity index (χ4v) is 2.68. The fourth-order valence-electron chi connectivity index (χ4n) is 1.35. The van der Waals surface area contributed by atoms with Crippen LogP contribution in [0.15, 0.2) is 21.5 Å². The van der Waals surface area contributed by atoms with Crippen molar-refractivity contribution in [3.8, 4) is 0 Å². The van der Waals surface area contributed by atoms with Gasteiger partial charge in [0.1, 0.15) is 10.7 Å². The first-order chi connectivity index (χ1) is 7.86. The summed E-state index contributed by atoms with van der Waals surface area (Å²) in [5, 5.41) is 7.94. The topological polar surface area (TPSA) is 72.2 Å². The third kappa shape index (κ3) is 4.02. The van der Waals surface area contributed by atoms with E-state index in [4.69, 9.17) is 5.14 Å². The van der Waals surface area contributed by atoms with Crippen molar-refractivity contribution in [1.82, 2.24) is 5.32 Å². The molecular weight excluding hydrogens is 311 g/mol. The van der Waals surface area contributed by atoms with E-state index in [-0.39, 0.29) is 12.1 Å². The predicted molar refractivity (Wildman–Crippen MR) is 67.5 cm³/mol. The van der Waals surface area contributed by atoms with Crippen LogP contribution in [0.5, 0.6) is 0 Å². The van der Waals surface area contributed by atoms with E-state index in [1.807, 2.05) is 6.92 Å². The van der Waals surface area contributed by atoms with E-state index in [2.05, 4.69) is 21.2 Å². The van der Waals surface area contributed by atoms with Crippen molar-refractivity contribution in [1.29, 1.82) is 0 Å². The summed E-state index contributed by atoms with van der Waals surface area (Å²) in [4.78, 5) is -0.486. The molecule has 0 saturated heterocycles. The Morgan fingerprint density at radius 3 is 2.65 bits per heavy atom. The van der Waals surface area contributed by atoms with E-state index in [0.29, 0.717) is 4.47 Å². The highest BCUT2D eigenvalue weighted by Gasteiger charge is 2.18. The molecule has 0 atom stereocenters. The first-order valence-corrected chi connectivity index (χ1v) is 7.41. The van der Waals surface area contributed by atoms with E-state index in [9.17, 15) is 12.8 Å². The van der Waals surface area contributed by atoms with Crippen molar-refractivity contribution in [2.75, 3.05) is 6.54 Å². The molecule has 0 radical (unpaired) electrons. The van der Waals surface area contributed by atoms with Crippen molar-refractivity contribution in [3.63, 3.8) is 0 Å². The number of primary sulfonamides is 1. The molecule has 1 rings (SSSR count). The van der Waals surface area contributed by atoms with E-state index >= 15 is 0 Å². The molecular formula is C10H14BrFN2O2S. The maximum atomic E-state index is 13.9. The number of hydrogen-bond donors (Lipinski definition) is 2. The highest BCUT2D eigenvalue weighted by molar-refractivity contribution is 9.10. The van der Waals surface area contributed by atoms with Crippen molar-refractivity contribution >= 4 is 26.0 Å². The fraction of sp³-hybridized carbons (Fsp3) is 0.400. The largest absolute Gasteiger partial charge is 0.313 e. The number of sulfonamides is 1. The van der Waals surface area contributed by atoms with Crippen LogP contribution < -0.4 is 10.5 Å². The zero-order valence-electron chi connectivity index (χ0n) is 9.33. The zero-order chi connectivity index (χ0) is 13.1. The van der Waals surface area contributed by atoms with Gasteiger partial charge in [-0.25, -0.2) is 17.9 Å². The molecule has 3 N–H and O–H groups in total. The number of rotatable bonds is 5. The van der Waals surface area contributed by atoms with Crippen LogP contribution in [0.2, 0.25) is 0 Å². The molecule has 0 bridgehead atoms.